The second kappa shape index (κ2) is 4.58. The van der Waals surface area contributed by atoms with Crippen LogP contribution in [0.5, 0.6) is 0 Å². The fourth-order valence-electron chi connectivity index (χ4n) is 2.10. The zero-order valence-corrected chi connectivity index (χ0v) is 10.9. The van der Waals surface area contributed by atoms with E-state index in [4.69, 9.17) is 5.73 Å². The Kier molecular flexibility index (Phi) is 3.33. The number of hydrogen-bond acceptors (Lipinski definition) is 3. The maximum atomic E-state index is 5.95. The Balaban J connectivity index is 2.01. The number of aryl methyl sites for hydroxylation is 1. The Morgan fingerprint density at radius 3 is 2.75 bits per heavy atom. The highest BCUT2D eigenvalue weighted by Crippen LogP contribution is 2.42. The third kappa shape index (κ3) is 2.29. The molecule has 2 nitrogen and oxygen atoms in total. The summed E-state index contributed by atoms with van der Waals surface area (Å²) in [5.41, 5.74) is 9.14. The molecule has 3 heteroatoms. The van der Waals surface area contributed by atoms with Crippen molar-refractivity contribution in [2.45, 2.75) is 30.9 Å². The molecule has 16 heavy (non-hydrogen) atoms. The van der Waals surface area contributed by atoms with Crippen LogP contribution in [0.1, 0.15) is 24.8 Å². The third-order valence-corrected chi connectivity index (χ3v) is 4.93. The van der Waals surface area contributed by atoms with E-state index in [2.05, 4.69) is 24.6 Å². The lowest BCUT2D eigenvalue weighted by Crippen LogP contribution is -2.40. The predicted molar refractivity (Wildman–Crippen MR) is 74.2 cm³/mol. The van der Waals surface area contributed by atoms with Gasteiger partial charge >= 0.3 is 0 Å². The van der Waals surface area contributed by atoms with E-state index in [1.807, 2.05) is 23.9 Å². The van der Waals surface area contributed by atoms with Gasteiger partial charge in [0.25, 0.3) is 0 Å². The first-order valence-electron chi connectivity index (χ1n) is 5.80. The standard InChI is InChI=1S/C13H20N2S/c1-10-4-5-11(14)12(8-10)15-9-13(16-2)6-3-7-13/h4-5,8,15H,3,6-7,9,14H2,1-2H3. The monoisotopic (exact) mass is 236 g/mol. The average molecular weight is 236 g/mol. The molecule has 0 spiro atoms. The number of nitrogens with two attached hydrogens (primary N) is 1. The van der Waals surface area contributed by atoms with Crippen molar-refractivity contribution in [3.05, 3.63) is 23.8 Å². The Labute approximate surface area is 102 Å². The summed E-state index contributed by atoms with van der Waals surface area (Å²) >= 11 is 1.99. The lowest BCUT2D eigenvalue weighted by atomic mass is 9.84. The topological polar surface area (TPSA) is 38.0 Å². The summed E-state index contributed by atoms with van der Waals surface area (Å²) in [6.45, 7) is 3.13. The van der Waals surface area contributed by atoms with Crippen molar-refractivity contribution in [3.8, 4) is 0 Å². The molecule has 0 saturated heterocycles. The van der Waals surface area contributed by atoms with Gasteiger partial charge in [0, 0.05) is 11.3 Å². The molecule has 1 aromatic carbocycles. The van der Waals surface area contributed by atoms with E-state index in [1.54, 1.807) is 0 Å². The molecule has 0 atom stereocenters. The minimum absolute atomic E-state index is 0.455. The van der Waals surface area contributed by atoms with Gasteiger partial charge in [0.1, 0.15) is 0 Å². The summed E-state index contributed by atoms with van der Waals surface area (Å²) in [6.07, 6.45) is 6.23. The molecule has 0 radical (unpaired) electrons. The van der Waals surface area contributed by atoms with Crippen molar-refractivity contribution in [1.82, 2.24) is 0 Å². The molecule has 0 heterocycles. The van der Waals surface area contributed by atoms with Crippen molar-refractivity contribution in [2.75, 3.05) is 23.9 Å². The van der Waals surface area contributed by atoms with Gasteiger partial charge in [-0.2, -0.15) is 11.8 Å². The SMILES string of the molecule is CSC1(CNc2cc(C)ccc2N)CCC1. The quantitative estimate of drug-likeness (QED) is 0.788. The van der Waals surface area contributed by atoms with E-state index >= 15 is 0 Å². The van der Waals surface area contributed by atoms with Gasteiger partial charge in [0.05, 0.1) is 11.4 Å². The molecule has 1 saturated carbocycles. The van der Waals surface area contributed by atoms with Gasteiger partial charge in [-0.1, -0.05) is 12.5 Å². The smallest absolute Gasteiger partial charge is 0.0577 e. The summed E-state index contributed by atoms with van der Waals surface area (Å²) in [6, 6.07) is 6.15. The van der Waals surface area contributed by atoms with Crippen LogP contribution in [0.25, 0.3) is 0 Å². The van der Waals surface area contributed by atoms with E-state index < -0.39 is 0 Å². The first kappa shape index (κ1) is 11.6. The molecule has 0 aliphatic heterocycles. The van der Waals surface area contributed by atoms with Crippen molar-refractivity contribution in [2.24, 2.45) is 0 Å². The van der Waals surface area contributed by atoms with Crippen LogP contribution in [0.4, 0.5) is 11.4 Å². The molecule has 0 amide bonds. The van der Waals surface area contributed by atoms with Gasteiger partial charge in [-0.3, -0.25) is 0 Å². The first-order valence-corrected chi connectivity index (χ1v) is 7.03. The molecular weight excluding hydrogens is 216 g/mol. The number of anilines is 2. The summed E-state index contributed by atoms with van der Waals surface area (Å²) in [4.78, 5) is 0. The zero-order chi connectivity index (χ0) is 11.6. The van der Waals surface area contributed by atoms with Crippen LogP contribution in [-0.2, 0) is 0 Å². The minimum Gasteiger partial charge on any atom is -0.397 e. The largest absolute Gasteiger partial charge is 0.397 e. The number of thioether (sulfide) groups is 1. The molecule has 2 rings (SSSR count). The Bertz CT molecular complexity index is 367. The lowest BCUT2D eigenvalue weighted by molar-refractivity contribution is 0.380. The molecule has 3 N–H and O–H groups in total. The number of hydrogen-bond donors (Lipinski definition) is 2. The highest BCUT2D eigenvalue weighted by Gasteiger charge is 2.35. The molecular formula is C13H20N2S. The number of benzene rings is 1. The van der Waals surface area contributed by atoms with E-state index in [0.717, 1.165) is 17.9 Å². The van der Waals surface area contributed by atoms with Gasteiger partial charge in [-0.25, -0.2) is 0 Å². The summed E-state index contributed by atoms with van der Waals surface area (Å²) < 4.78 is 0.455. The maximum absolute atomic E-state index is 5.95. The molecule has 1 fully saturated rings. The first-order chi connectivity index (χ1) is 7.65. The molecule has 1 aromatic rings. The van der Waals surface area contributed by atoms with Crippen molar-refractivity contribution >= 4 is 23.1 Å². The van der Waals surface area contributed by atoms with Crippen LogP contribution >= 0.6 is 11.8 Å². The second-order valence-electron chi connectivity index (χ2n) is 4.68. The predicted octanol–water partition coefficient (Wildman–Crippen LogP) is 3.27. The van der Waals surface area contributed by atoms with E-state index in [0.29, 0.717) is 4.75 Å². The molecule has 0 bridgehead atoms. The number of nitrogen functional groups attached to an aromatic ring is 1. The summed E-state index contributed by atoms with van der Waals surface area (Å²) in [7, 11) is 0. The zero-order valence-electron chi connectivity index (χ0n) is 10.0. The van der Waals surface area contributed by atoms with Gasteiger partial charge in [-0.15, -0.1) is 0 Å². The Morgan fingerprint density at radius 2 is 2.19 bits per heavy atom. The summed E-state index contributed by atoms with van der Waals surface area (Å²) in [5, 5.41) is 3.50. The van der Waals surface area contributed by atoms with Crippen molar-refractivity contribution < 1.29 is 0 Å². The van der Waals surface area contributed by atoms with Crippen LogP contribution < -0.4 is 11.1 Å². The van der Waals surface area contributed by atoms with Crippen LogP contribution in [0.3, 0.4) is 0 Å². The highest BCUT2D eigenvalue weighted by atomic mass is 32.2. The maximum Gasteiger partial charge on any atom is 0.0577 e. The normalized spacial score (nSPS) is 17.9. The van der Waals surface area contributed by atoms with Crippen molar-refractivity contribution in [3.63, 3.8) is 0 Å². The average Bonchev–Trinajstić information content (AvgIpc) is 2.22. The third-order valence-electron chi connectivity index (χ3n) is 3.51. The van der Waals surface area contributed by atoms with Gasteiger partial charge in [0.15, 0.2) is 0 Å². The Hall–Kier alpha value is -0.830. The van der Waals surface area contributed by atoms with E-state index in [9.17, 15) is 0 Å². The minimum atomic E-state index is 0.455. The molecule has 0 unspecified atom stereocenters. The van der Waals surface area contributed by atoms with Crippen LogP contribution in [0.15, 0.2) is 18.2 Å². The van der Waals surface area contributed by atoms with Crippen molar-refractivity contribution in [1.29, 1.82) is 0 Å². The Morgan fingerprint density at radius 1 is 1.44 bits per heavy atom. The second-order valence-corrected chi connectivity index (χ2v) is 5.96. The van der Waals surface area contributed by atoms with Gasteiger partial charge < -0.3 is 11.1 Å². The van der Waals surface area contributed by atoms with E-state index in [-0.39, 0.29) is 0 Å². The molecule has 1 aliphatic carbocycles. The molecule has 1 aliphatic rings. The molecule has 0 aromatic heterocycles. The van der Waals surface area contributed by atoms with Gasteiger partial charge in [-0.05, 0) is 43.7 Å². The van der Waals surface area contributed by atoms with Gasteiger partial charge in [0.2, 0.25) is 0 Å². The highest BCUT2D eigenvalue weighted by molar-refractivity contribution is 8.00. The number of rotatable bonds is 4. The summed E-state index contributed by atoms with van der Waals surface area (Å²) in [5.74, 6) is 0. The van der Waals surface area contributed by atoms with Crippen LogP contribution in [0, 0.1) is 6.92 Å². The number of nitrogens with one attached hydrogen (secondary N) is 1. The molecule has 88 valence electrons. The van der Waals surface area contributed by atoms with Crippen LogP contribution in [0.2, 0.25) is 0 Å². The fourth-order valence-corrected chi connectivity index (χ4v) is 3.02. The van der Waals surface area contributed by atoms with Crippen LogP contribution in [-0.4, -0.2) is 17.5 Å². The fraction of sp³-hybridized carbons (Fsp3) is 0.538. The van der Waals surface area contributed by atoms with E-state index in [1.165, 1.54) is 24.8 Å². The lowest BCUT2D eigenvalue weighted by Gasteiger charge is -2.40.